The standard InChI is InChI=1S/C23H29NO3/c1-16-13-17(2)20(23(25)27-4)15-19(16)14-18-9-11-24(12-10-18)21-7-5-6-8-22(21)26-3/h5-8,13,15,18H,9-12,14H2,1-4H3. The topological polar surface area (TPSA) is 38.8 Å². The molecule has 1 fully saturated rings. The van der Waals surface area contributed by atoms with Crippen LogP contribution in [0.1, 0.15) is 39.9 Å². The fourth-order valence-corrected chi connectivity index (χ4v) is 4.03. The average Bonchev–Trinajstić information content (AvgIpc) is 2.70. The summed E-state index contributed by atoms with van der Waals surface area (Å²) in [5, 5.41) is 0. The van der Waals surface area contributed by atoms with E-state index in [4.69, 9.17) is 9.47 Å². The van der Waals surface area contributed by atoms with Crippen molar-refractivity contribution in [3.05, 3.63) is 58.7 Å². The maximum atomic E-state index is 12.0. The Morgan fingerprint density at radius 2 is 1.78 bits per heavy atom. The van der Waals surface area contributed by atoms with Crippen molar-refractivity contribution >= 4 is 11.7 Å². The summed E-state index contributed by atoms with van der Waals surface area (Å²) in [6.45, 7) is 6.15. The minimum atomic E-state index is -0.250. The predicted octanol–water partition coefficient (Wildman–Crippen LogP) is 4.56. The molecule has 1 aliphatic rings. The van der Waals surface area contributed by atoms with Gasteiger partial charge >= 0.3 is 5.97 Å². The molecule has 4 heteroatoms. The number of methoxy groups -OCH3 is 2. The molecule has 0 radical (unpaired) electrons. The van der Waals surface area contributed by atoms with Crippen LogP contribution < -0.4 is 9.64 Å². The third kappa shape index (κ3) is 4.26. The number of benzene rings is 2. The van der Waals surface area contributed by atoms with Crippen LogP contribution in [0, 0.1) is 19.8 Å². The highest BCUT2D eigenvalue weighted by Gasteiger charge is 2.23. The molecule has 144 valence electrons. The maximum Gasteiger partial charge on any atom is 0.338 e. The van der Waals surface area contributed by atoms with Gasteiger partial charge in [-0.1, -0.05) is 18.2 Å². The van der Waals surface area contributed by atoms with Crippen LogP contribution in [0.2, 0.25) is 0 Å². The molecule has 0 unspecified atom stereocenters. The number of hydrogen-bond donors (Lipinski definition) is 0. The normalized spacial score (nSPS) is 14.9. The van der Waals surface area contributed by atoms with Crippen LogP contribution in [0.3, 0.4) is 0 Å². The van der Waals surface area contributed by atoms with Crippen LogP contribution in [0.4, 0.5) is 5.69 Å². The van der Waals surface area contributed by atoms with Gasteiger partial charge in [-0.2, -0.15) is 0 Å². The number of anilines is 1. The number of nitrogens with zero attached hydrogens (tertiary/aromatic N) is 1. The summed E-state index contributed by atoms with van der Waals surface area (Å²) in [4.78, 5) is 14.4. The van der Waals surface area contributed by atoms with Crippen molar-refractivity contribution in [3.8, 4) is 5.75 Å². The first kappa shape index (κ1) is 19.3. The Labute approximate surface area is 162 Å². The predicted molar refractivity (Wildman–Crippen MR) is 109 cm³/mol. The monoisotopic (exact) mass is 367 g/mol. The van der Waals surface area contributed by atoms with Crippen LogP contribution in [0.15, 0.2) is 36.4 Å². The molecule has 1 aliphatic heterocycles. The first-order valence-corrected chi connectivity index (χ1v) is 9.60. The van der Waals surface area contributed by atoms with Crippen molar-refractivity contribution in [2.75, 3.05) is 32.2 Å². The number of esters is 1. The molecule has 2 aromatic carbocycles. The van der Waals surface area contributed by atoms with Crippen LogP contribution in [-0.2, 0) is 11.2 Å². The zero-order valence-electron chi connectivity index (χ0n) is 16.7. The molecule has 0 bridgehead atoms. The Kier molecular flexibility index (Phi) is 6.04. The second-order valence-electron chi connectivity index (χ2n) is 7.39. The maximum absolute atomic E-state index is 12.0. The molecule has 0 amide bonds. The second-order valence-corrected chi connectivity index (χ2v) is 7.39. The van der Waals surface area contributed by atoms with Gasteiger partial charge in [0.05, 0.1) is 25.5 Å². The zero-order valence-corrected chi connectivity index (χ0v) is 16.7. The molecule has 0 N–H and O–H groups in total. The van der Waals surface area contributed by atoms with Gasteiger partial charge in [0.25, 0.3) is 0 Å². The van der Waals surface area contributed by atoms with Crippen LogP contribution >= 0.6 is 0 Å². The van der Waals surface area contributed by atoms with Crippen molar-refractivity contribution < 1.29 is 14.3 Å². The van der Waals surface area contributed by atoms with E-state index in [2.05, 4.69) is 30.0 Å². The number of piperidine rings is 1. The average molecular weight is 367 g/mol. The molecule has 27 heavy (non-hydrogen) atoms. The van der Waals surface area contributed by atoms with E-state index in [0.29, 0.717) is 11.5 Å². The van der Waals surface area contributed by atoms with Gasteiger partial charge in [0.15, 0.2) is 0 Å². The van der Waals surface area contributed by atoms with Gasteiger partial charge in [0.1, 0.15) is 5.75 Å². The number of aryl methyl sites for hydroxylation is 2. The van der Waals surface area contributed by atoms with Crippen LogP contribution in [0.5, 0.6) is 5.75 Å². The Morgan fingerprint density at radius 1 is 1.07 bits per heavy atom. The van der Waals surface area contributed by atoms with Crippen molar-refractivity contribution in [2.24, 2.45) is 5.92 Å². The summed E-state index contributed by atoms with van der Waals surface area (Å²) in [7, 11) is 3.17. The summed E-state index contributed by atoms with van der Waals surface area (Å²) in [6, 6.07) is 12.4. The number of ether oxygens (including phenoxy) is 2. The Bertz CT molecular complexity index is 807. The SMILES string of the molecule is COC(=O)c1cc(CC2CCN(c3ccccc3OC)CC2)c(C)cc1C. The molecule has 0 spiro atoms. The molecule has 3 rings (SSSR count). The number of para-hydroxylation sites is 2. The molecule has 1 saturated heterocycles. The van der Waals surface area contributed by atoms with Crippen LogP contribution in [-0.4, -0.2) is 33.3 Å². The summed E-state index contributed by atoms with van der Waals surface area (Å²) in [6.07, 6.45) is 3.29. The van der Waals surface area contributed by atoms with Gasteiger partial charge in [-0.3, -0.25) is 0 Å². The van der Waals surface area contributed by atoms with E-state index in [1.165, 1.54) is 23.9 Å². The zero-order chi connectivity index (χ0) is 19.4. The fraction of sp³-hybridized carbons (Fsp3) is 0.435. The van der Waals surface area contributed by atoms with E-state index in [0.717, 1.165) is 43.7 Å². The summed E-state index contributed by atoms with van der Waals surface area (Å²) < 4.78 is 10.4. The quantitative estimate of drug-likeness (QED) is 0.727. The van der Waals surface area contributed by atoms with E-state index in [1.807, 2.05) is 25.1 Å². The smallest absolute Gasteiger partial charge is 0.338 e. The molecule has 4 nitrogen and oxygen atoms in total. The summed E-state index contributed by atoms with van der Waals surface area (Å²) in [5.41, 5.74) is 5.36. The van der Waals surface area contributed by atoms with E-state index in [1.54, 1.807) is 7.11 Å². The van der Waals surface area contributed by atoms with Crippen molar-refractivity contribution in [3.63, 3.8) is 0 Å². The van der Waals surface area contributed by atoms with Gasteiger partial charge in [-0.05, 0) is 73.9 Å². The van der Waals surface area contributed by atoms with Gasteiger partial charge in [-0.15, -0.1) is 0 Å². The van der Waals surface area contributed by atoms with E-state index < -0.39 is 0 Å². The largest absolute Gasteiger partial charge is 0.495 e. The van der Waals surface area contributed by atoms with Gasteiger partial charge in [-0.25, -0.2) is 4.79 Å². The highest BCUT2D eigenvalue weighted by atomic mass is 16.5. The Hall–Kier alpha value is -2.49. The number of carbonyl (C=O) groups is 1. The van der Waals surface area contributed by atoms with Gasteiger partial charge < -0.3 is 14.4 Å². The summed E-state index contributed by atoms with van der Waals surface area (Å²) >= 11 is 0. The first-order chi connectivity index (χ1) is 13.0. The molecule has 0 aromatic heterocycles. The number of hydrogen-bond acceptors (Lipinski definition) is 4. The Morgan fingerprint density at radius 3 is 2.44 bits per heavy atom. The molecule has 2 aromatic rings. The molecule has 0 atom stereocenters. The van der Waals surface area contributed by atoms with Gasteiger partial charge in [0.2, 0.25) is 0 Å². The molecular weight excluding hydrogens is 338 g/mol. The minimum Gasteiger partial charge on any atom is -0.495 e. The molecule has 0 aliphatic carbocycles. The molecule has 0 saturated carbocycles. The van der Waals surface area contributed by atoms with Crippen molar-refractivity contribution in [1.82, 2.24) is 0 Å². The number of carbonyl (C=O) groups excluding carboxylic acids is 1. The van der Waals surface area contributed by atoms with Crippen molar-refractivity contribution in [2.45, 2.75) is 33.1 Å². The third-order valence-corrected chi connectivity index (χ3v) is 5.64. The lowest BCUT2D eigenvalue weighted by Gasteiger charge is -2.34. The van der Waals surface area contributed by atoms with E-state index in [-0.39, 0.29) is 5.97 Å². The van der Waals surface area contributed by atoms with Gasteiger partial charge in [0, 0.05) is 13.1 Å². The minimum absolute atomic E-state index is 0.250. The Balaban J connectivity index is 1.68. The highest BCUT2D eigenvalue weighted by molar-refractivity contribution is 5.91. The second kappa shape index (κ2) is 8.47. The fourth-order valence-electron chi connectivity index (χ4n) is 4.03. The molecule has 1 heterocycles. The highest BCUT2D eigenvalue weighted by Crippen LogP contribution is 2.32. The lowest BCUT2D eigenvalue weighted by atomic mass is 9.87. The molecular formula is C23H29NO3. The van der Waals surface area contributed by atoms with E-state index >= 15 is 0 Å². The lowest BCUT2D eigenvalue weighted by molar-refractivity contribution is 0.0599. The third-order valence-electron chi connectivity index (χ3n) is 5.64. The lowest BCUT2D eigenvalue weighted by Crippen LogP contribution is -2.34. The summed E-state index contributed by atoms with van der Waals surface area (Å²) in [5.74, 6) is 1.32. The number of rotatable bonds is 5. The first-order valence-electron chi connectivity index (χ1n) is 9.60. The van der Waals surface area contributed by atoms with E-state index in [9.17, 15) is 4.79 Å². The van der Waals surface area contributed by atoms with Crippen LogP contribution in [0.25, 0.3) is 0 Å². The van der Waals surface area contributed by atoms with Crippen molar-refractivity contribution in [1.29, 1.82) is 0 Å².